The lowest BCUT2D eigenvalue weighted by molar-refractivity contribution is -0.686. The molecular formula is C22H17F4N3O2. The van der Waals surface area contributed by atoms with Gasteiger partial charge in [-0.25, -0.2) is 9.18 Å². The molecule has 1 N–H and O–H groups in total. The molecule has 2 aromatic carbocycles. The van der Waals surface area contributed by atoms with Crippen LogP contribution in [0.3, 0.4) is 0 Å². The van der Waals surface area contributed by atoms with Crippen molar-refractivity contribution < 1.29 is 27.4 Å². The van der Waals surface area contributed by atoms with Gasteiger partial charge in [-0.1, -0.05) is 18.2 Å². The number of benzene rings is 2. The second kappa shape index (κ2) is 8.09. The van der Waals surface area contributed by atoms with Crippen LogP contribution in [-0.4, -0.2) is 22.5 Å². The Balaban J connectivity index is 1.72. The minimum Gasteiger partial charge on any atom is -0.620 e. The Labute approximate surface area is 175 Å². The number of pyridine rings is 1. The van der Waals surface area contributed by atoms with Gasteiger partial charge in [-0.05, 0) is 47.9 Å². The summed E-state index contributed by atoms with van der Waals surface area (Å²) in [7, 11) is 0. The monoisotopic (exact) mass is 431 g/mol. The Hall–Kier alpha value is -3.30. The van der Waals surface area contributed by atoms with E-state index in [0.717, 1.165) is 29.8 Å². The Morgan fingerprint density at radius 1 is 1.06 bits per heavy atom. The summed E-state index contributed by atoms with van der Waals surface area (Å²) in [5.74, 6) is -0.539. The van der Waals surface area contributed by atoms with Crippen LogP contribution in [0.15, 0.2) is 66.9 Å². The normalized spacial score (nSPS) is 17.2. The third-order valence-corrected chi connectivity index (χ3v) is 5.23. The first-order chi connectivity index (χ1) is 14.8. The number of rotatable bonds is 2. The number of amides is 2. The molecule has 2 unspecified atom stereocenters. The molecule has 9 heteroatoms. The molecule has 31 heavy (non-hydrogen) atoms. The van der Waals surface area contributed by atoms with Gasteiger partial charge in [0.05, 0.1) is 11.3 Å². The fourth-order valence-electron chi connectivity index (χ4n) is 3.69. The number of hydroxylamine groups is 1. The summed E-state index contributed by atoms with van der Waals surface area (Å²) >= 11 is 0. The van der Waals surface area contributed by atoms with Gasteiger partial charge in [0.1, 0.15) is 17.5 Å². The fraction of sp³-hybridized carbons (Fsp3) is 0.182. The van der Waals surface area contributed by atoms with Crippen molar-refractivity contribution in [1.82, 2.24) is 9.88 Å². The minimum atomic E-state index is -4.49. The van der Waals surface area contributed by atoms with Crippen molar-refractivity contribution in [2.45, 2.75) is 18.6 Å². The number of halogens is 4. The second-order valence-corrected chi connectivity index (χ2v) is 7.15. The van der Waals surface area contributed by atoms with Crippen molar-refractivity contribution in [2.24, 2.45) is 0 Å². The number of nitrogens with zero attached hydrogens (tertiary/aromatic N) is 2. The third kappa shape index (κ3) is 4.14. The molecule has 0 fully saturated rings. The summed E-state index contributed by atoms with van der Waals surface area (Å²) in [5, 5.41) is 11.9. The molecule has 3 aromatic rings. The van der Waals surface area contributed by atoms with Crippen molar-refractivity contribution in [1.29, 1.82) is 0 Å². The van der Waals surface area contributed by atoms with Gasteiger partial charge in [0, 0.05) is 24.9 Å². The van der Waals surface area contributed by atoms with Gasteiger partial charge in [0.2, 0.25) is 0 Å². The maximum Gasteiger partial charge on any atom is 0.423 e. The molecule has 2 amide bonds. The van der Waals surface area contributed by atoms with E-state index < -0.39 is 34.7 Å². The van der Waals surface area contributed by atoms with Crippen LogP contribution in [0, 0.1) is 11.0 Å². The standard InChI is InChI=1S/C22H17F4N3O2/c23-17-7-9-18(10-8-17)29(31)21(30)28-13-11-14-2-1-12-27-19(14)20(28)15-3-5-16(6-4-15)22(24,25)26/h1-10,12,20,29H,11,13H2. The van der Waals surface area contributed by atoms with Crippen LogP contribution in [0.25, 0.3) is 0 Å². The van der Waals surface area contributed by atoms with E-state index >= 15 is 0 Å². The largest absolute Gasteiger partial charge is 0.620 e. The average molecular weight is 431 g/mol. The predicted molar refractivity (Wildman–Crippen MR) is 104 cm³/mol. The quantitative estimate of drug-likeness (QED) is 0.493. The smallest absolute Gasteiger partial charge is 0.423 e. The second-order valence-electron chi connectivity index (χ2n) is 7.15. The topological polar surface area (TPSA) is 60.7 Å². The summed E-state index contributed by atoms with van der Waals surface area (Å²) < 4.78 is 52.1. The van der Waals surface area contributed by atoms with E-state index in [2.05, 4.69) is 4.98 Å². The summed E-state index contributed by atoms with van der Waals surface area (Å²) in [4.78, 5) is 18.7. The highest BCUT2D eigenvalue weighted by atomic mass is 19.4. The predicted octanol–water partition coefficient (Wildman–Crippen LogP) is 4.02. The highest BCUT2D eigenvalue weighted by Gasteiger charge is 2.37. The van der Waals surface area contributed by atoms with E-state index in [1.807, 2.05) is 6.07 Å². The Bertz CT molecular complexity index is 1090. The van der Waals surface area contributed by atoms with E-state index in [0.29, 0.717) is 17.7 Å². The molecule has 4 rings (SSSR count). The summed E-state index contributed by atoms with van der Waals surface area (Å²) in [6, 6.07) is 11.0. The number of aromatic nitrogens is 1. The van der Waals surface area contributed by atoms with Gasteiger partial charge in [-0.2, -0.15) is 13.2 Å². The zero-order valence-corrected chi connectivity index (χ0v) is 16.1. The zero-order chi connectivity index (χ0) is 22.2. The summed E-state index contributed by atoms with van der Waals surface area (Å²) in [6.07, 6.45) is -2.51. The first-order valence-corrected chi connectivity index (χ1v) is 9.47. The first kappa shape index (κ1) is 21.0. The molecule has 0 radical (unpaired) electrons. The summed E-state index contributed by atoms with van der Waals surface area (Å²) in [6.45, 7) is 0.191. The molecule has 1 aliphatic rings. The number of alkyl halides is 3. The lowest BCUT2D eigenvalue weighted by atomic mass is 9.92. The molecule has 2 heterocycles. The number of carbonyl (C=O) groups excluding carboxylic acids is 1. The summed E-state index contributed by atoms with van der Waals surface area (Å²) in [5.41, 5.74) is 0.991. The van der Waals surface area contributed by atoms with Crippen LogP contribution in [0.2, 0.25) is 0 Å². The first-order valence-electron chi connectivity index (χ1n) is 9.47. The molecule has 0 saturated carbocycles. The van der Waals surface area contributed by atoms with E-state index in [-0.39, 0.29) is 12.2 Å². The van der Waals surface area contributed by atoms with Gasteiger partial charge in [-0.3, -0.25) is 14.9 Å². The number of carbonyl (C=O) groups is 1. The Morgan fingerprint density at radius 3 is 2.39 bits per heavy atom. The maximum absolute atomic E-state index is 13.2. The highest BCUT2D eigenvalue weighted by Crippen LogP contribution is 2.36. The molecule has 0 bridgehead atoms. The van der Waals surface area contributed by atoms with Crippen molar-refractivity contribution >= 4 is 11.7 Å². The molecule has 0 aliphatic carbocycles. The number of nitrogens with one attached hydrogen (secondary N) is 1. The molecule has 2 atom stereocenters. The van der Waals surface area contributed by atoms with Crippen molar-refractivity contribution in [3.8, 4) is 0 Å². The van der Waals surface area contributed by atoms with Crippen LogP contribution in [0.4, 0.5) is 28.0 Å². The van der Waals surface area contributed by atoms with E-state index in [1.165, 1.54) is 35.4 Å². The van der Waals surface area contributed by atoms with Gasteiger partial charge < -0.3 is 5.21 Å². The SMILES string of the molecule is O=C(N1CCc2cccnc2C1c1ccc(C(F)(F)F)cc1)[NH+]([O-])c1ccc(F)cc1. The van der Waals surface area contributed by atoms with Crippen LogP contribution >= 0.6 is 0 Å². The molecule has 160 valence electrons. The Kier molecular flexibility index (Phi) is 5.47. The molecule has 1 aromatic heterocycles. The number of fused-ring (bicyclic) bond motifs is 1. The third-order valence-electron chi connectivity index (χ3n) is 5.23. The molecule has 5 nitrogen and oxygen atoms in total. The number of urea groups is 1. The van der Waals surface area contributed by atoms with Gasteiger partial charge >= 0.3 is 12.2 Å². The fourth-order valence-corrected chi connectivity index (χ4v) is 3.69. The zero-order valence-electron chi connectivity index (χ0n) is 16.1. The van der Waals surface area contributed by atoms with Crippen LogP contribution < -0.4 is 5.06 Å². The van der Waals surface area contributed by atoms with Gasteiger partial charge in [0.15, 0.2) is 0 Å². The van der Waals surface area contributed by atoms with Crippen LogP contribution in [-0.2, 0) is 12.6 Å². The minimum absolute atomic E-state index is 0.0318. The molecular weight excluding hydrogens is 414 g/mol. The van der Waals surface area contributed by atoms with Crippen molar-refractivity contribution in [3.05, 3.63) is 100 Å². The van der Waals surface area contributed by atoms with E-state index in [4.69, 9.17) is 0 Å². The van der Waals surface area contributed by atoms with Crippen molar-refractivity contribution in [2.75, 3.05) is 6.54 Å². The van der Waals surface area contributed by atoms with E-state index in [1.54, 1.807) is 6.07 Å². The molecule has 0 saturated heterocycles. The van der Waals surface area contributed by atoms with Crippen molar-refractivity contribution in [3.63, 3.8) is 0 Å². The number of hydrogen-bond acceptors (Lipinski definition) is 3. The molecule has 1 aliphatic heterocycles. The number of quaternary nitrogens is 1. The average Bonchev–Trinajstić information content (AvgIpc) is 2.77. The number of hydrogen-bond donors (Lipinski definition) is 1. The molecule has 0 spiro atoms. The Morgan fingerprint density at radius 2 is 1.74 bits per heavy atom. The van der Waals surface area contributed by atoms with Gasteiger partial charge in [-0.15, -0.1) is 0 Å². The maximum atomic E-state index is 13.2. The highest BCUT2D eigenvalue weighted by molar-refractivity contribution is 5.70. The van der Waals surface area contributed by atoms with E-state index in [9.17, 15) is 27.6 Å². The van der Waals surface area contributed by atoms with Gasteiger partial charge in [0.25, 0.3) is 0 Å². The van der Waals surface area contributed by atoms with Crippen LogP contribution in [0.5, 0.6) is 0 Å². The van der Waals surface area contributed by atoms with Crippen LogP contribution in [0.1, 0.15) is 28.4 Å². The lowest BCUT2D eigenvalue weighted by Crippen LogP contribution is -3.07. The lowest BCUT2D eigenvalue weighted by Gasteiger charge is -2.37.